The summed E-state index contributed by atoms with van der Waals surface area (Å²) >= 11 is 21.7. The van der Waals surface area contributed by atoms with Crippen LogP contribution in [-0.2, 0) is 14.8 Å². The summed E-state index contributed by atoms with van der Waals surface area (Å²) in [6, 6.07) is 5.19. The summed E-state index contributed by atoms with van der Waals surface area (Å²) in [7, 11) is -4.06. The predicted octanol–water partition coefficient (Wildman–Crippen LogP) is 3.13. The number of hydrogen-bond acceptors (Lipinski definition) is 4. The van der Waals surface area contributed by atoms with Crippen LogP contribution in [0.4, 0.5) is 4.79 Å². The molecule has 1 amide bonds. The molecule has 0 aliphatic heterocycles. The summed E-state index contributed by atoms with van der Waals surface area (Å²) < 4.78 is 27.7. The number of benzene rings is 1. The third-order valence-electron chi connectivity index (χ3n) is 1.71. The lowest BCUT2D eigenvalue weighted by atomic mass is 10.4. The molecule has 1 aromatic rings. The monoisotopic (exact) mass is 365 g/mol. The minimum Gasteiger partial charge on any atom is -0.444 e. The highest BCUT2D eigenvalue weighted by atomic mass is 35.6. The quantitative estimate of drug-likeness (QED) is 0.834. The van der Waals surface area contributed by atoms with Gasteiger partial charge in [-0.05, 0) is 24.3 Å². The molecule has 0 atom stereocenters. The summed E-state index contributed by atoms with van der Waals surface area (Å²) in [6.45, 7) is -0.584. The Morgan fingerprint density at radius 1 is 1.21 bits per heavy atom. The van der Waals surface area contributed by atoms with Crippen LogP contribution in [0.25, 0.3) is 0 Å². The van der Waals surface area contributed by atoms with E-state index < -0.39 is 26.5 Å². The second-order valence-corrected chi connectivity index (χ2v) is 7.89. The Morgan fingerprint density at radius 3 is 2.21 bits per heavy atom. The van der Waals surface area contributed by atoms with Gasteiger partial charge in [-0.3, -0.25) is 0 Å². The van der Waals surface area contributed by atoms with E-state index in [1.54, 1.807) is 4.72 Å². The maximum Gasteiger partial charge on any atom is 0.421 e. The van der Waals surface area contributed by atoms with Crippen LogP contribution in [-0.4, -0.2) is 24.9 Å². The van der Waals surface area contributed by atoms with Crippen molar-refractivity contribution in [2.75, 3.05) is 6.61 Å². The maximum atomic E-state index is 11.7. The van der Waals surface area contributed by atoms with Crippen LogP contribution < -0.4 is 4.72 Å². The average molecular weight is 367 g/mol. The highest BCUT2D eigenvalue weighted by molar-refractivity contribution is 7.90. The van der Waals surface area contributed by atoms with Crippen molar-refractivity contribution >= 4 is 62.5 Å². The van der Waals surface area contributed by atoms with Gasteiger partial charge in [0.05, 0.1) is 4.90 Å². The highest BCUT2D eigenvalue weighted by Crippen LogP contribution is 2.25. The fraction of sp³-hybridized carbons (Fsp3) is 0.222. The topological polar surface area (TPSA) is 72.5 Å². The second kappa shape index (κ2) is 6.37. The lowest BCUT2D eigenvalue weighted by Crippen LogP contribution is -2.33. The van der Waals surface area contributed by atoms with Gasteiger partial charge >= 0.3 is 6.09 Å². The Balaban J connectivity index is 2.70. The van der Waals surface area contributed by atoms with Gasteiger partial charge in [0.2, 0.25) is 3.79 Å². The van der Waals surface area contributed by atoms with E-state index in [-0.39, 0.29) is 4.90 Å². The maximum absolute atomic E-state index is 11.7. The van der Waals surface area contributed by atoms with Crippen LogP contribution in [0.5, 0.6) is 0 Å². The van der Waals surface area contributed by atoms with E-state index in [0.717, 1.165) is 0 Å². The molecule has 0 unspecified atom stereocenters. The molecule has 0 fully saturated rings. The van der Waals surface area contributed by atoms with Gasteiger partial charge < -0.3 is 4.74 Å². The van der Waals surface area contributed by atoms with E-state index in [0.29, 0.717) is 5.02 Å². The zero-order valence-electron chi connectivity index (χ0n) is 9.07. The van der Waals surface area contributed by atoms with Gasteiger partial charge in [0.15, 0.2) is 0 Å². The number of carbonyl (C=O) groups excluding carboxylic acids is 1. The lowest BCUT2D eigenvalue weighted by molar-refractivity contribution is 0.155. The number of nitrogens with one attached hydrogen (secondary N) is 1. The molecule has 0 radical (unpaired) electrons. The summed E-state index contributed by atoms with van der Waals surface area (Å²) in [5.41, 5.74) is 0. The van der Waals surface area contributed by atoms with E-state index in [4.69, 9.17) is 46.4 Å². The van der Waals surface area contributed by atoms with E-state index >= 15 is 0 Å². The van der Waals surface area contributed by atoms with Gasteiger partial charge in [0, 0.05) is 5.02 Å². The number of amides is 1. The Bertz CT molecular complexity index is 553. The normalized spacial score (nSPS) is 12.0. The smallest absolute Gasteiger partial charge is 0.421 e. The molecule has 10 heteroatoms. The van der Waals surface area contributed by atoms with Gasteiger partial charge in [-0.15, -0.1) is 0 Å². The van der Waals surface area contributed by atoms with Crippen LogP contribution in [0.3, 0.4) is 0 Å². The van der Waals surface area contributed by atoms with Crippen molar-refractivity contribution in [3.8, 4) is 0 Å². The summed E-state index contributed by atoms with van der Waals surface area (Å²) in [6.07, 6.45) is -1.25. The van der Waals surface area contributed by atoms with Gasteiger partial charge in [0.25, 0.3) is 10.0 Å². The Labute approximate surface area is 129 Å². The molecule has 0 heterocycles. The molecular formula is C9H7Cl4NO4S. The Morgan fingerprint density at radius 2 is 1.74 bits per heavy atom. The van der Waals surface area contributed by atoms with Crippen molar-refractivity contribution in [2.45, 2.75) is 8.69 Å². The summed E-state index contributed by atoms with van der Waals surface area (Å²) in [5, 5.41) is 0.359. The van der Waals surface area contributed by atoms with Gasteiger partial charge in [-0.2, -0.15) is 0 Å². The summed E-state index contributed by atoms with van der Waals surface area (Å²) in [4.78, 5) is 11.1. The molecular weight excluding hydrogens is 360 g/mol. The van der Waals surface area contributed by atoms with Gasteiger partial charge in [0.1, 0.15) is 6.61 Å². The molecule has 0 aromatic heterocycles. The SMILES string of the molecule is O=C(NS(=O)(=O)c1ccc(Cl)cc1)OCC(Cl)(Cl)Cl. The molecule has 0 saturated carbocycles. The van der Waals surface area contributed by atoms with Crippen LogP contribution in [0.2, 0.25) is 5.02 Å². The molecule has 5 nitrogen and oxygen atoms in total. The van der Waals surface area contributed by atoms with Crippen molar-refractivity contribution in [1.29, 1.82) is 0 Å². The van der Waals surface area contributed by atoms with Gasteiger partial charge in [-0.25, -0.2) is 17.9 Å². The first-order valence-corrected chi connectivity index (χ1v) is 7.61. The number of carbonyl (C=O) groups is 1. The average Bonchev–Trinajstić information content (AvgIpc) is 2.25. The molecule has 19 heavy (non-hydrogen) atoms. The second-order valence-electron chi connectivity index (χ2n) is 3.25. The first-order chi connectivity index (χ1) is 8.60. The number of ether oxygens (including phenoxy) is 1. The largest absolute Gasteiger partial charge is 0.444 e. The molecule has 0 aliphatic carbocycles. The molecule has 0 bridgehead atoms. The number of hydrogen-bond donors (Lipinski definition) is 1. The molecule has 1 aromatic carbocycles. The van der Waals surface area contributed by atoms with Crippen molar-refractivity contribution in [3.05, 3.63) is 29.3 Å². The lowest BCUT2D eigenvalue weighted by Gasteiger charge is -2.12. The standard InChI is InChI=1S/C9H7Cl4NO4S/c10-6-1-3-7(4-2-6)19(16,17)14-8(15)18-5-9(11,12)13/h1-4H,5H2,(H,14,15). The molecule has 0 saturated heterocycles. The third-order valence-corrected chi connectivity index (χ3v) is 3.62. The van der Waals surface area contributed by atoms with E-state index in [9.17, 15) is 13.2 Å². The number of halogens is 4. The van der Waals surface area contributed by atoms with E-state index in [1.807, 2.05) is 0 Å². The van der Waals surface area contributed by atoms with Crippen LogP contribution in [0, 0.1) is 0 Å². The molecule has 1 N–H and O–H groups in total. The van der Waals surface area contributed by atoms with Crippen LogP contribution >= 0.6 is 46.4 Å². The molecule has 0 spiro atoms. The molecule has 106 valence electrons. The third kappa shape index (κ3) is 6.05. The van der Waals surface area contributed by atoms with E-state index in [1.165, 1.54) is 24.3 Å². The first-order valence-electron chi connectivity index (χ1n) is 4.62. The first kappa shape index (κ1) is 16.7. The van der Waals surface area contributed by atoms with E-state index in [2.05, 4.69) is 4.74 Å². The minimum absolute atomic E-state index is 0.150. The molecule has 0 aliphatic rings. The minimum atomic E-state index is -4.06. The zero-order valence-corrected chi connectivity index (χ0v) is 12.9. The molecule has 1 rings (SSSR count). The van der Waals surface area contributed by atoms with Crippen molar-refractivity contribution in [1.82, 2.24) is 4.72 Å². The van der Waals surface area contributed by atoms with Gasteiger partial charge in [-0.1, -0.05) is 46.4 Å². The fourth-order valence-electron chi connectivity index (χ4n) is 0.959. The Kier molecular flexibility index (Phi) is 5.58. The van der Waals surface area contributed by atoms with Crippen LogP contribution in [0.15, 0.2) is 29.2 Å². The van der Waals surface area contributed by atoms with Crippen LogP contribution in [0.1, 0.15) is 0 Å². The zero-order chi connectivity index (χ0) is 14.7. The van der Waals surface area contributed by atoms with Crippen molar-refractivity contribution in [3.63, 3.8) is 0 Å². The summed E-state index contributed by atoms with van der Waals surface area (Å²) in [5.74, 6) is 0. The predicted molar refractivity (Wildman–Crippen MR) is 73.4 cm³/mol. The fourth-order valence-corrected chi connectivity index (χ4v) is 2.14. The number of rotatable bonds is 3. The number of sulfonamides is 1. The van der Waals surface area contributed by atoms with Crippen molar-refractivity contribution in [2.24, 2.45) is 0 Å². The Hall–Kier alpha value is -0.400. The number of alkyl halides is 3. The highest BCUT2D eigenvalue weighted by Gasteiger charge is 2.24. The van der Waals surface area contributed by atoms with Crippen molar-refractivity contribution < 1.29 is 17.9 Å².